The quantitative estimate of drug-likeness (QED) is 0.678. The first-order chi connectivity index (χ1) is 15.3. The number of hydrogen-bond acceptors (Lipinski definition) is 6. The maximum atomic E-state index is 13.2. The van der Waals surface area contributed by atoms with E-state index in [1.807, 2.05) is 13.0 Å². The molecule has 0 bridgehead atoms. The van der Waals surface area contributed by atoms with Gasteiger partial charge in [0.2, 0.25) is 5.75 Å². The summed E-state index contributed by atoms with van der Waals surface area (Å²) in [5, 5.41) is 0.558. The first-order valence-corrected chi connectivity index (χ1v) is 10.8. The minimum Gasteiger partial charge on any atom is -0.493 e. The van der Waals surface area contributed by atoms with E-state index in [0.29, 0.717) is 65.1 Å². The van der Waals surface area contributed by atoms with Crippen molar-refractivity contribution in [2.45, 2.75) is 31.8 Å². The second kappa shape index (κ2) is 8.54. The summed E-state index contributed by atoms with van der Waals surface area (Å²) in [6.45, 7) is 2.84. The Morgan fingerprint density at radius 3 is 2.22 bits per heavy atom. The highest BCUT2D eigenvalue weighted by Gasteiger charge is 2.44. The summed E-state index contributed by atoms with van der Waals surface area (Å²) in [5.74, 6) is 1.76. The first kappa shape index (κ1) is 22.3. The molecule has 0 radical (unpaired) electrons. The molecular weight excluding hydrogens is 434 g/mol. The molecule has 2 aliphatic rings. The summed E-state index contributed by atoms with van der Waals surface area (Å²) in [7, 11) is 4.55. The Labute approximate surface area is 192 Å². The first-order valence-electron chi connectivity index (χ1n) is 10.4. The zero-order valence-electron chi connectivity index (χ0n) is 18.6. The van der Waals surface area contributed by atoms with Gasteiger partial charge < -0.3 is 23.8 Å². The number of likely N-dealkylation sites (tertiary alicyclic amines) is 1. The number of hydrogen-bond donors (Lipinski definition) is 0. The number of ketones is 1. The molecule has 0 aromatic heterocycles. The summed E-state index contributed by atoms with van der Waals surface area (Å²) in [5.41, 5.74) is 1.25. The molecule has 7 nitrogen and oxygen atoms in total. The van der Waals surface area contributed by atoms with Crippen LogP contribution in [0.2, 0.25) is 5.02 Å². The van der Waals surface area contributed by atoms with Crippen LogP contribution in [-0.2, 0) is 0 Å². The Balaban J connectivity index is 1.52. The van der Waals surface area contributed by atoms with Crippen molar-refractivity contribution in [3.8, 4) is 23.0 Å². The van der Waals surface area contributed by atoms with Crippen LogP contribution < -0.4 is 18.9 Å². The van der Waals surface area contributed by atoms with Crippen molar-refractivity contribution in [1.82, 2.24) is 4.90 Å². The van der Waals surface area contributed by atoms with E-state index >= 15 is 0 Å². The van der Waals surface area contributed by atoms with Gasteiger partial charge in [-0.3, -0.25) is 9.59 Å². The number of piperidine rings is 1. The molecule has 1 spiro atoms. The molecule has 1 amide bonds. The summed E-state index contributed by atoms with van der Waals surface area (Å²) in [6, 6.07) is 6.81. The second-order valence-corrected chi connectivity index (χ2v) is 8.60. The molecule has 1 fully saturated rings. The van der Waals surface area contributed by atoms with Crippen molar-refractivity contribution in [3.63, 3.8) is 0 Å². The van der Waals surface area contributed by atoms with Crippen LogP contribution in [0.4, 0.5) is 0 Å². The van der Waals surface area contributed by atoms with Crippen LogP contribution in [0.25, 0.3) is 0 Å². The topological polar surface area (TPSA) is 74.3 Å². The molecule has 0 aliphatic carbocycles. The predicted octanol–water partition coefficient (Wildman–Crippen LogP) is 4.31. The molecule has 2 aromatic rings. The van der Waals surface area contributed by atoms with Crippen molar-refractivity contribution in [1.29, 1.82) is 0 Å². The zero-order chi connectivity index (χ0) is 23.0. The highest BCUT2D eigenvalue weighted by molar-refractivity contribution is 6.31. The van der Waals surface area contributed by atoms with Crippen molar-refractivity contribution >= 4 is 23.3 Å². The number of benzene rings is 2. The van der Waals surface area contributed by atoms with Gasteiger partial charge in [0, 0.05) is 36.5 Å². The molecule has 0 N–H and O–H groups in total. The number of carbonyl (C=O) groups excluding carboxylic acids is 2. The SMILES string of the molecule is COc1cc(C(=O)N2CCC3(CC2)CC(=O)c2cc(Cl)c(C)cc2O3)cc(OC)c1OC. The van der Waals surface area contributed by atoms with Gasteiger partial charge in [-0.05, 0) is 36.8 Å². The van der Waals surface area contributed by atoms with Crippen LogP contribution in [0.1, 0.15) is 45.5 Å². The van der Waals surface area contributed by atoms with E-state index in [2.05, 4.69) is 0 Å². The third-order valence-electron chi connectivity index (χ3n) is 6.24. The third-order valence-corrected chi connectivity index (χ3v) is 6.65. The lowest BCUT2D eigenvalue weighted by Crippen LogP contribution is -2.52. The van der Waals surface area contributed by atoms with Crippen LogP contribution in [0.15, 0.2) is 24.3 Å². The summed E-state index contributed by atoms with van der Waals surface area (Å²) < 4.78 is 22.4. The number of rotatable bonds is 4. The van der Waals surface area contributed by atoms with Crippen LogP contribution in [0.3, 0.4) is 0 Å². The second-order valence-electron chi connectivity index (χ2n) is 8.19. The number of methoxy groups -OCH3 is 3. The lowest BCUT2D eigenvalue weighted by molar-refractivity contribution is -0.00575. The predicted molar refractivity (Wildman–Crippen MR) is 120 cm³/mol. The Hall–Kier alpha value is -2.93. The molecule has 0 unspecified atom stereocenters. The molecule has 1 saturated heterocycles. The maximum absolute atomic E-state index is 13.2. The summed E-state index contributed by atoms with van der Waals surface area (Å²) in [4.78, 5) is 27.8. The van der Waals surface area contributed by atoms with Gasteiger partial charge in [0.05, 0.1) is 33.3 Å². The Morgan fingerprint density at radius 1 is 1.03 bits per heavy atom. The Kier molecular flexibility index (Phi) is 5.95. The molecule has 2 aliphatic heterocycles. The molecular formula is C24H26ClNO6. The van der Waals surface area contributed by atoms with Gasteiger partial charge in [0.1, 0.15) is 11.4 Å². The minimum absolute atomic E-state index is 0.0255. The zero-order valence-corrected chi connectivity index (χ0v) is 19.4. The molecule has 8 heteroatoms. The van der Waals surface area contributed by atoms with Gasteiger partial charge in [0.15, 0.2) is 17.3 Å². The van der Waals surface area contributed by atoms with E-state index in [0.717, 1.165) is 5.56 Å². The van der Waals surface area contributed by atoms with E-state index in [1.54, 1.807) is 23.1 Å². The average Bonchev–Trinajstić information content (AvgIpc) is 2.79. The van der Waals surface area contributed by atoms with Gasteiger partial charge in [-0.15, -0.1) is 0 Å². The van der Waals surface area contributed by atoms with E-state index in [4.69, 9.17) is 30.5 Å². The van der Waals surface area contributed by atoms with Crippen molar-refractivity contribution in [2.24, 2.45) is 0 Å². The average molecular weight is 460 g/mol. The molecule has 2 aromatic carbocycles. The van der Waals surface area contributed by atoms with Gasteiger partial charge in [-0.2, -0.15) is 0 Å². The van der Waals surface area contributed by atoms with Crippen molar-refractivity contribution in [2.75, 3.05) is 34.4 Å². The van der Waals surface area contributed by atoms with Gasteiger partial charge >= 0.3 is 0 Å². The number of ether oxygens (including phenoxy) is 4. The van der Waals surface area contributed by atoms with Gasteiger partial charge in [-0.1, -0.05) is 11.6 Å². The van der Waals surface area contributed by atoms with Gasteiger partial charge in [-0.25, -0.2) is 0 Å². The molecule has 32 heavy (non-hydrogen) atoms. The molecule has 0 saturated carbocycles. The smallest absolute Gasteiger partial charge is 0.254 e. The van der Waals surface area contributed by atoms with Crippen LogP contribution in [0, 0.1) is 6.92 Å². The molecule has 170 valence electrons. The maximum Gasteiger partial charge on any atom is 0.254 e. The third kappa shape index (κ3) is 3.86. The van der Waals surface area contributed by atoms with E-state index in [9.17, 15) is 9.59 Å². The van der Waals surface area contributed by atoms with Crippen molar-refractivity contribution in [3.05, 3.63) is 46.0 Å². The minimum atomic E-state index is -0.601. The fourth-order valence-electron chi connectivity index (χ4n) is 4.40. The number of fused-ring (bicyclic) bond motifs is 1. The number of carbonyl (C=O) groups is 2. The molecule has 0 atom stereocenters. The lowest BCUT2D eigenvalue weighted by Gasteiger charge is -2.44. The Morgan fingerprint density at radius 2 is 1.66 bits per heavy atom. The van der Waals surface area contributed by atoms with Crippen LogP contribution in [-0.4, -0.2) is 56.6 Å². The molecule has 4 rings (SSSR count). The Bertz CT molecular complexity index is 1050. The van der Waals surface area contributed by atoms with Crippen LogP contribution >= 0.6 is 11.6 Å². The summed E-state index contributed by atoms with van der Waals surface area (Å²) in [6.07, 6.45) is 1.41. The largest absolute Gasteiger partial charge is 0.493 e. The number of aryl methyl sites for hydroxylation is 1. The number of Topliss-reactive ketones (excluding diaryl/α,β-unsaturated/α-hetero) is 1. The van der Waals surface area contributed by atoms with E-state index < -0.39 is 5.60 Å². The highest BCUT2D eigenvalue weighted by atomic mass is 35.5. The lowest BCUT2D eigenvalue weighted by atomic mass is 9.82. The number of nitrogens with zero attached hydrogens (tertiary/aromatic N) is 1. The number of halogens is 1. The molecule has 2 heterocycles. The number of amides is 1. The standard InChI is InChI=1S/C24H26ClNO6/c1-14-9-19-16(12-17(14)25)18(27)13-24(32-19)5-7-26(8-6-24)23(28)15-10-20(29-2)22(31-4)21(11-15)30-3/h9-12H,5-8,13H2,1-4H3. The van der Waals surface area contributed by atoms with Gasteiger partial charge in [0.25, 0.3) is 5.91 Å². The van der Waals surface area contributed by atoms with E-state index in [1.165, 1.54) is 21.3 Å². The highest BCUT2D eigenvalue weighted by Crippen LogP contribution is 2.42. The fraction of sp³-hybridized carbons (Fsp3) is 0.417. The normalized spacial score (nSPS) is 16.9. The van der Waals surface area contributed by atoms with E-state index in [-0.39, 0.29) is 18.1 Å². The van der Waals surface area contributed by atoms with Crippen LogP contribution in [0.5, 0.6) is 23.0 Å². The van der Waals surface area contributed by atoms with Crippen molar-refractivity contribution < 1.29 is 28.5 Å². The monoisotopic (exact) mass is 459 g/mol. The summed E-state index contributed by atoms with van der Waals surface area (Å²) >= 11 is 6.18. The fourth-order valence-corrected chi connectivity index (χ4v) is 4.56.